The number of nitrogens with one attached hydrogen (secondary N) is 2. The van der Waals surface area contributed by atoms with Crippen molar-refractivity contribution in [3.63, 3.8) is 0 Å². The second-order valence-corrected chi connectivity index (χ2v) is 6.30. The molecular formula is C12H20N4O3S. The average molecular weight is 300 g/mol. The van der Waals surface area contributed by atoms with Crippen LogP contribution in [0, 0.1) is 0 Å². The van der Waals surface area contributed by atoms with Gasteiger partial charge in [-0.25, -0.2) is 18.4 Å². The second-order valence-electron chi connectivity index (χ2n) is 4.57. The van der Waals surface area contributed by atoms with Crippen molar-refractivity contribution in [2.24, 2.45) is 5.14 Å². The van der Waals surface area contributed by atoms with Crippen LogP contribution in [-0.4, -0.2) is 37.8 Å². The minimum absolute atomic E-state index is 0.149. The van der Waals surface area contributed by atoms with Gasteiger partial charge in [0.15, 0.2) is 0 Å². The first kappa shape index (κ1) is 16.4. The summed E-state index contributed by atoms with van der Waals surface area (Å²) in [5, 5.41) is 10.3. The van der Waals surface area contributed by atoms with Crippen LogP contribution in [0.4, 0.5) is 4.79 Å². The van der Waals surface area contributed by atoms with Crippen LogP contribution in [0.15, 0.2) is 24.5 Å². The van der Waals surface area contributed by atoms with Gasteiger partial charge in [-0.15, -0.1) is 0 Å². The Hall–Kier alpha value is -1.67. The van der Waals surface area contributed by atoms with E-state index < -0.39 is 10.0 Å². The van der Waals surface area contributed by atoms with E-state index in [2.05, 4.69) is 15.6 Å². The lowest BCUT2D eigenvalue weighted by Crippen LogP contribution is -2.42. The molecule has 2 amide bonds. The SMILES string of the molecule is CC(CCS(N)(=O)=O)NC(=O)NCCc1cccnc1. The monoisotopic (exact) mass is 300 g/mol. The molecule has 7 nitrogen and oxygen atoms in total. The fourth-order valence-electron chi connectivity index (χ4n) is 1.55. The minimum Gasteiger partial charge on any atom is -0.338 e. The molecule has 0 saturated heterocycles. The molecule has 1 rings (SSSR count). The van der Waals surface area contributed by atoms with Gasteiger partial charge in [0.05, 0.1) is 5.75 Å². The molecule has 0 radical (unpaired) electrons. The standard InChI is InChI=1S/C12H20N4O3S/c1-10(5-8-20(13,18)19)16-12(17)15-7-4-11-3-2-6-14-9-11/h2-3,6,9-10H,4-5,7-8H2,1H3,(H2,13,18,19)(H2,15,16,17). The van der Waals surface area contributed by atoms with Gasteiger partial charge in [-0.3, -0.25) is 4.98 Å². The number of carbonyl (C=O) groups is 1. The Morgan fingerprint density at radius 3 is 2.85 bits per heavy atom. The summed E-state index contributed by atoms with van der Waals surface area (Å²) in [4.78, 5) is 15.5. The van der Waals surface area contributed by atoms with Gasteiger partial charge >= 0.3 is 6.03 Å². The molecule has 0 saturated carbocycles. The van der Waals surface area contributed by atoms with E-state index in [9.17, 15) is 13.2 Å². The third-order valence-corrected chi connectivity index (χ3v) is 3.44. The van der Waals surface area contributed by atoms with Gasteiger partial charge in [0, 0.05) is 25.0 Å². The second kappa shape index (κ2) is 7.81. The first-order chi connectivity index (χ1) is 9.37. The molecule has 1 heterocycles. The van der Waals surface area contributed by atoms with Crippen LogP contribution in [0.5, 0.6) is 0 Å². The van der Waals surface area contributed by atoms with E-state index in [1.165, 1.54) is 0 Å². The van der Waals surface area contributed by atoms with E-state index in [-0.39, 0.29) is 24.2 Å². The summed E-state index contributed by atoms with van der Waals surface area (Å²) in [6, 6.07) is 3.19. The maximum atomic E-state index is 11.5. The van der Waals surface area contributed by atoms with Crippen LogP contribution in [0.1, 0.15) is 18.9 Å². The fraction of sp³-hybridized carbons (Fsp3) is 0.500. The van der Waals surface area contributed by atoms with Crippen molar-refractivity contribution in [2.75, 3.05) is 12.3 Å². The predicted molar refractivity (Wildman–Crippen MR) is 76.5 cm³/mol. The molecule has 1 aromatic rings. The minimum atomic E-state index is -3.49. The van der Waals surface area contributed by atoms with Crippen molar-refractivity contribution in [2.45, 2.75) is 25.8 Å². The Kier molecular flexibility index (Phi) is 6.40. The van der Waals surface area contributed by atoms with E-state index in [1.54, 1.807) is 19.3 Å². The first-order valence-corrected chi connectivity index (χ1v) is 8.02. The van der Waals surface area contributed by atoms with Crippen molar-refractivity contribution in [1.29, 1.82) is 0 Å². The van der Waals surface area contributed by atoms with Crippen LogP contribution < -0.4 is 15.8 Å². The summed E-state index contributed by atoms with van der Waals surface area (Å²) in [5.74, 6) is -0.149. The van der Waals surface area contributed by atoms with Crippen molar-refractivity contribution in [1.82, 2.24) is 15.6 Å². The molecular weight excluding hydrogens is 280 g/mol. The number of aromatic nitrogens is 1. The zero-order chi connectivity index (χ0) is 15.0. The summed E-state index contributed by atoms with van der Waals surface area (Å²) in [5.41, 5.74) is 1.04. The molecule has 4 N–H and O–H groups in total. The number of hydrogen-bond donors (Lipinski definition) is 3. The van der Waals surface area contributed by atoms with Crippen LogP contribution in [0.25, 0.3) is 0 Å². The maximum Gasteiger partial charge on any atom is 0.315 e. The van der Waals surface area contributed by atoms with Gasteiger partial charge in [0.1, 0.15) is 0 Å². The Balaban J connectivity index is 2.20. The van der Waals surface area contributed by atoms with Gasteiger partial charge in [-0.2, -0.15) is 0 Å². The van der Waals surface area contributed by atoms with E-state index in [0.717, 1.165) is 5.56 Å². The van der Waals surface area contributed by atoms with Crippen molar-refractivity contribution in [3.8, 4) is 0 Å². The third kappa shape index (κ3) is 7.70. The summed E-state index contributed by atoms with van der Waals surface area (Å²) in [7, 11) is -3.49. The number of primary sulfonamides is 1. The van der Waals surface area contributed by atoms with Gasteiger partial charge in [-0.05, 0) is 31.4 Å². The fourth-order valence-corrected chi connectivity index (χ4v) is 2.24. The molecule has 0 aliphatic heterocycles. The van der Waals surface area contributed by atoms with E-state index in [1.807, 2.05) is 12.1 Å². The number of rotatable bonds is 7. The van der Waals surface area contributed by atoms with Crippen molar-refractivity contribution < 1.29 is 13.2 Å². The molecule has 0 spiro atoms. The van der Waals surface area contributed by atoms with Crippen molar-refractivity contribution >= 4 is 16.1 Å². The number of pyridine rings is 1. The van der Waals surface area contributed by atoms with Crippen LogP contribution >= 0.6 is 0 Å². The van der Waals surface area contributed by atoms with Crippen LogP contribution in [-0.2, 0) is 16.4 Å². The lowest BCUT2D eigenvalue weighted by Gasteiger charge is -2.14. The van der Waals surface area contributed by atoms with Gasteiger partial charge in [0.2, 0.25) is 10.0 Å². The molecule has 1 atom stereocenters. The summed E-state index contributed by atoms with van der Waals surface area (Å²) >= 11 is 0. The highest BCUT2D eigenvalue weighted by molar-refractivity contribution is 7.89. The van der Waals surface area contributed by atoms with E-state index in [4.69, 9.17) is 5.14 Å². The molecule has 0 fully saturated rings. The molecule has 0 aliphatic rings. The Morgan fingerprint density at radius 1 is 1.50 bits per heavy atom. The van der Waals surface area contributed by atoms with Crippen LogP contribution in [0.3, 0.4) is 0 Å². The Labute approximate surface area is 119 Å². The highest BCUT2D eigenvalue weighted by Crippen LogP contribution is 1.96. The molecule has 0 bridgehead atoms. The highest BCUT2D eigenvalue weighted by atomic mass is 32.2. The summed E-state index contributed by atoms with van der Waals surface area (Å²) in [6.07, 6.45) is 4.41. The predicted octanol–water partition coefficient (Wildman–Crippen LogP) is -0.00960. The van der Waals surface area contributed by atoms with Gasteiger partial charge < -0.3 is 10.6 Å². The third-order valence-electron chi connectivity index (χ3n) is 2.63. The topological polar surface area (TPSA) is 114 Å². The van der Waals surface area contributed by atoms with E-state index in [0.29, 0.717) is 13.0 Å². The maximum absolute atomic E-state index is 11.5. The normalized spacial score (nSPS) is 12.7. The lowest BCUT2D eigenvalue weighted by atomic mass is 10.2. The number of urea groups is 1. The molecule has 1 aromatic heterocycles. The smallest absolute Gasteiger partial charge is 0.315 e. The van der Waals surface area contributed by atoms with Crippen molar-refractivity contribution in [3.05, 3.63) is 30.1 Å². The zero-order valence-electron chi connectivity index (χ0n) is 11.4. The molecule has 1 unspecified atom stereocenters. The number of amides is 2. The molecule has 20 heavy (non-hydrogen) atoms. The average Bonchev–Trinajstić information content (AvgIpc) is 2.37. The lowest BCUT2D eigenvalue weighted by molar-refractivity contribution is 0.237. The zero-order valence-corrected chi connectivity index (χ0v) is 12.2. The molecule has 0 aliphatic carbocycles. The Morgan fingerprint density at radius 2 is 2.25 bits per heavy atom. The molecule has 0 aromatic carbocycles. The summed E-state index contributed by atoms with van der Waals surface area (Å²) in [6.45, 7) is 2.21. The van der Waals surface area contributed by atoms with Gasteiger partial charge in [-0.1, -0.05) is 6.07 Å². The first-order valence-electron chi connectivity index (χ1n) is 6.30. The number of sulfonamides is 1. The quantitative estimate of drug-likeness (QED) is 0.657. The Bertz CT molecular complexity index is 519. The van der Waals surface area contributed by atoms with Crippen LogP contribution in [0.2, 0.25) is 0 Å². The molecule has 112 valence electrons. The number of carbonyl (C=O) groups excluding carboxylic acids is 1. The van der Waals surface area contributed by atoms with Gasteiger partial charge in [0.25, 0.3) is 0 Å². The molecule has 8 heteroatoms. The number of hydrogen-bond acceptors (Lipinski definition) is 4. The number of nitrogens with two attached hydrogens (primary N) is 1. The largest absolute Gasteiger partial charge is 0.338 e. The highest BCUT2D eigenvalue weighted by Gasteiger charge is 2.10. The van der Waals surface area contributed by atoms with E-state index >= 15 is 0 Å². The number of nitrogens with zero attached hydrogens (tertiary/aromatic N) is 1. The summed E-state index contributed by atoms with van der Waals surface area (Å²) < 4.78 is 21.6.